The Labute approximate surface area is 137 Å². The molecule has 0 aromatic heterocycles. The Balaban J connectivity index is 1.66. The highest BCUT2D eigenvalue weighted by Gasteiger charge is 2.38. The second-order valence-electron chi connectivity index (χ2n) is 6.81. The van der Waals surface area contributed by atoms with E-state index in [9.17, 15) is 9.90 Å². The Morgan fingerprint density at radius 2 is 2.04 bits per heavy atom. The highest BCUT2D eigenvalue weighted by Crippen LogP contribution is 2.36. The van der Waals surface area contributed by atoms with Gasteiger partial charge in [0.25, 0.3) is 0 Å². The third-order valence-corrected chi connectivity index (χ3v) is 4.97. The van der Waals surface area contributed by atoms with E-state index in [2.05, 4.69) is 17.4 Å². The van der Waals surface area contributed by atoms with Crippen LogP contribution in [0.1, 0.15) is 31.4 Å². The van der Waals surface area contributed by atoms with Crippen molar-refractivity contribution >= 4 is 5.91 Å². The molecular formula is C18H26N2O3. The highest BCUT2D eigenvalue weighted by atomic mass is 16.5. The molecule has 1 aromatic carbocycles. The zero-order valence-corrected chi connectivity index (χ0v) is 13.9. The molecule has 1 aliphatic heterocycles. The zero-order chi connectivity index (χ0) is 16.4. The fourth-order valence-electron chi connectivity index (χ4n) is 3.83. The molecule has 5 nitrogen and oxygen atoms in total. The third kappa shape index (κ3) is 3.27. The molecule has 2 N–H and O–H groups in total. The van der Waals surface area contributed by atoms with Gasteiger partial charge in [0.2, 0.25) is 5.91 Å². The maximum absolute atomic E-state index is 12.5. The molecule has 0 bridgehead atoms. The number of hydrogen-bond acceptors (Lipinski definition) is 4. The van der Waals surface area contributed by atoms with Crippen LogP contribution < -0.4 is 5.32 Å². The van der Waals surface area contributed by atoms with Gasteiger partial charge in [-0.3, -0.25) is 10.1 Å². The molecule has 0 radical (unpaired) electrons. The first-order chi connectivity index (χ1) is 11.0. The predicted molar refractivity (Wildman–Crippen MR) is 88.1 cm³/mol. The number of carbonyl (C=O) groups is 1. The van der Waals surface area contributed by atoms with Crippen molar-refractivity contribution in [3.8, 4) is 0 Å². The summed E-state index contributed by atoms with van der Waals surface area (Å²) in [5.41, 5.74) is 1.89. The van der Waals surface area contributed by atoms with E-state index < -0.39 is 5.54 Å². The smallest absolute Gasteiger partial charge is 0.236 e. The van der Waals surface area contributed by atoms with Crippen LogP contribution in [0.15, 0.2) is 24.3 Å². The van der Waals surface area contributed by atoms with E-state index >= 15 is 0 Å². The summed E-state index contributed by atoms with van der Waals surface area (Å²) in [6, 6.07) is 8.16. The highest BCUT2D eigenvalue weighted by molar-refractivity contribution is 5.78. The number of amides is 1. The van der Waals surface area contributed by atoms with Gasteiger partial charge in [-0.05, 0) is 37.8 Å². The number of carbonyl (C=O) groups excluding carboxylic acids is 1. The van der Waals surface area contributed by atoms with E-state index in [1.165, 1.54) is 5.56 Å². The molecule has 126 valence electrons. The van der Waals surface area contributed by atoms with Gasteiger partial charge in [0.15, 0.2) is 0 Å². The monoisotopic (exact) mass is 318 g/mol. The van der Waals surface area contributed by atoms with Gasteiger partial charge >= 0.3 is 0 Å². The lowest BCUT2D eigenvalue weighted by atomic mass is 9.92. The van der Waals surface area contributed by atoms with Crippen LogP contribution in [0.5, 0.6) is 0 Å². The Morgan fingerprint density at radius 1 is 1.35 bits per heavy atom. The van der Waals surface area contributed by atoms with E-state index in [0.717, 1.165) is 18.4 Å². The lowest BCUT2D eigenvalue weighted by Gasteiger charge is -2.36. The normalized spacial score (nSPS) is 30.3. The molecule has 1 saturated heterocycles. The molecule has 1 heterocycles. The van der Waals surface area contributed by atoms with Gasteiger partial charge in [0.1, 0.15) is 0 Å². The second-order valence-corrected chi connectivity index (χ2v) is 6.81. The topological polar surface area (TPSA) is 61.8 Å². The van der Waals surface area contributed by atoms with Crippen molar-refractivity contribution in [3.63, 3.8) is 0 Å². The average molecular weight is 318 g/mol. The molecule has 23 heavy (non-hydrogen) atoms. The summed E-state index contributed by atoms with van der Waals surface area (Å²) >= 11 is 0. The number of rotatable bonds is 4. The maximum Gasteiger partial charge on any atom is 0.236 e. The Morgan fingerprint density at radius 3 is 2.74 bits per heavy atom. The molecule has 0 saturated carbocycles. The summed E-state index contributed by atoms with van der Waals surface area (Å²) in [6.07, 6.45) is 1.90. The molecule has 3 unspecified atom stereocenters. The zero-order valence-electron chi connectivity index (χ0n) is 13.9. The number of ether oxygens (including phenoxy) is 1. The van der Waals surface area contributed by atoms with Crippen molar-refractivity contribution in [2.45, 2.75) is 44.4 Å². The van der Waals surface area contributed by atoms with Crippen LogP contribution >= 0.6 is 0 Å². The van der Waals surface area contributed by atoms with E-state index in [-0.39, 0.29) is 31.3 Å². The van der Waals surface area contributed by atoms with Crippen LogP contribution in [-0.2, 0) is 21.5 Å². The largest absolute Gasteiger partial charge is 0.394 e. The molecule has 5 heteroatoms. The number of aliphatic hydroxyl groups is 1. The van der Waals surface area contributed by atoms with Crippen LogP contribution in [0.2, 0.25) is 0 Å². The Hall–Kier alpha value is -1.43. The second kappa shape index (κ2) is 6.59. The lowest BCUT2D eigenvalue weighted by molar-refractivity contribution is -0.142. The number of aliphatic hydroxyl groups excluding tert-OH is 1. The van der Waals surface area contributed by atoms with Crippen LogP contribution in [0.4, 0.5) is 0 Å². The third-order valence-electron chi connectivity index (χ3n) is 4.97. The fourth-order valence-corrected chi connectivity index (χ4v) is 3.83. The van der Waals surface area contributed by atoms with Gasteiger partial charge in [0.05, 0.1) is 30.9 Å². The molecule has 3 rings (SSSR count). The minimum atomic E-state index is -0.490. The first-order valence-corrected chi connectivity index (χ1v) is 8.41. The number of benzene rings is 1. The van der Waals surface area contributed by atoms with Crippen molar-refractivity contribution in [2.75, 3.05) is 26.2 Å². The first kappa shape index (κ1) is 16.4. The van der Waals surface area contributed by atoms with Gasteiger partial charge in [-0.15, -0.1) is 0 Å². The van der Waals surface area contributed by atoms with Gasteiger partial charge in [-0.2, -0.15) is 0 Å². The van der Waals surface area contributed by atoms with Gasteiger partial charge in [0, 0.05) is 13.1 Å². The average Bonchev–Trinajstić information content (AvgIpc) is 2.91. The van der Waals surface area contributed by atoms with Crippen LogP contribution in [0.25, 0.3) is 0 Å². The van der Waals surface area contributed by atoms with Crippen LogP contribution in [0.3, 0.4) is 0 Å². The minimum absolute atomic E-state index is 0.00715. The van der Waals surface area contributed by atoms with Crippen molar-refractivity contribution < 1.29 is 14.6 Å². The van der Waals surface area contributed by atoms with Crippen molar-refractivity contribution in [1.29, 1.82) is 0 Å². The summed E-state index contributed by atoms with van der Waals surface area (Å²) in [5.74, 6) is 0.0733. The first-order valence-electron chi connectivity index (χ1n) is 8.41. The maximum atomic E-state index is 12.5. The minimum Gasteiger partial charge on any atom is -0.394 e. The summed E-state index contributed by atoms with van der Waals surface area (Å²) in [5, 5.41) is 13.3. The SMILES string of the molecule is CC1CN(C(=O)CNC2(CO)CCc3ccccc32)CC(C)O1. The molecule has 0 spiro atoms. The molecule has 1 aromatic rings. The Bertz CT molecular complexity index is 567. The molecular weight excluding hydrogens is 292 g/mol. The number of nitrogens with one attached hydrogen (secondary N) is 1. The van der Waals surface area contributed by atoms with Crippen molar-refractivity contribution in [2.24, 2.45) is 0 Å². The fraction of sp³-hybridized carbons (Fsp3) is 0.611. The lowest BCUT2D eigenvalue weighted by Crippen LogP contribution is -2.53. The summed E-state index contributed by atoms with van der Waals surface area (Å²) in [7, 11) is 0. The number of hydrogen-bond donors (Lipinski definition) is 2. The molecule has 1 amide bonds. The molecule has 1 aliphatic carbocycles. The molecule has 1 fully saturated rings. The summed E-state index contributed by atoms with van der Waals surface area (Å²) < 4.78 is 5.68. The van der Waals surface area contributed by atoms with E-state index in [4.69, 9.17) is 4.74 Å². The summed E-state index contributed by atoms with van der Waals surface area (Å²) in [6.45, 7) is 5.50. The quantitative estimate of drug-likeness (QED) is 0.871. The molecule has 2 aliphatic rings. The van der Waals surface area contributed by atoms with E-state index in [0.29, 0.717) is 13.1 Å². The van der Waals surface area contributed by atoms with Crippen molar-refractivity contribution in [1.82, 2.24) is 10.2 Å². The predicted octanol–water partition coefficient (Wildman–Crippen LogP) is 1.05. The Kier molecular flexibility index (Phi) is 4.71. The number of nitrogens with zero attached hydrogens (tertiary/aromatic N) is 1. The number of aryl methyl sites for hydroxylation is 1. The molecule has 3 atom stereocenters. The van der Waals surface area contributed by atoms with Gasteiger partial charge in [-0.1, -0.05) is 24.3 Å². The van der Waals surface area contributed by atoms with Crippen LogP contribution in [-0.4, -0.2) is 54.4 Å². The number of fused-ring (bicyclic) bond motifs is 1. The number of morpholine rings is 1. The standard InChI is InChI=1S/C18H26N2O3/c1-13-10-20(11-14(2)23-13)17(22)9-19-18(12-21)8-7-15-5-3-4-6-16(15)18/h3-6,13-14,19,21H,7-12H2,1-2H3. The van der Waals surface area contributed by atoms with Crippen molar-refractivity contribution in [3.05, 3.63) is 35.4 Å². The van der Waals surface area contributed by atoms with Gasteiger partial charge in [-0.25, -0.2) is 0 Å². The summed E-state index contributed by atoms with van der Waals surface area (Å²) in [4.78, 5) is 14.4. The van der Waals surface area contributed by atoms with Crippen LogP contribution in [0, 0.1) is 0 Å². The van der Waals surface area contributed by atoms with Gasteiger partial charge < -0.3 is 14.7 Å². The van der Waals surface area contributed by atoms with E-state index in [1.807, 2.05) is 30.9 Å². The van der Waals surface area contributed by atoms with E-state index in [1.54, 1.807) is 0 Å².